The second-order valence-corrected chi connectivity index (χ2v) is 7.87. The zero-order valence-corrected chi connectivity index (χ0v) is 17.2. The molecule has 0 spiro atoms. The highest BCUT2D eigenvalue weighted by molar-refractivity contribution is 5.97. The summed E-state index contributed by atoms with van der Waals surface area (Å²) >= 11 is 0. The molecule has 1 aromatic heterocycles. The summed E-state index contributed by atoms with van der Waals surface area (Å²) in [6, 6.07) is 10.4. The van der Waals surface area contributed by atoms with Gasteiger partial charge in [0.1, 0.15) is 5.82 Å². The maximum Gasteiger partial charge on any atom is 0.329 e. The van der Waals surface area contributed by atoms with Gasteiger partial charge in [0.15, 0.2) is 0 Å². The van der Waals surface area contributed by atoms with Crippen molar-refractivity contribution in [1.82, 2.24) is 19.8 Å². The van der Waals surface area contributed by atoms with Crippen molar-refractivity contribution in [2.24, 2.45) is 0 Å². The van der Waals surface area contributed by atoms with Gasteiger partial charge in [0.05, 0.1) is 17.4 Å². The third-order valence-electron chi connectivity index (χ3n) is 5.61. The number of H-pyrrole nitrogens is 1. The summed E-state index contributed by atoms with van der Waals surface area (Å²) in [5.74, 6) is -0.674. The van der Waals surface area contributed by atoms with Crippen LogP contribution in [0, 0.1) is 5.82 Å². The van der Waals surface area contributed by atoms with E-state index in [9.17, 15) is 18.8 Å². The number of amides is 1. The number of nitrogens with zero attached hydrogens (tertiary/aromatic N) is 2. The zero-order chi connectivity index (χ0) is 21.8. The number of carbonyl (C=O) groups excluding carboxylic acids is 1. The van der Waals surface area contributed by atoms with Gasteiger partial charge in [0.25, 0.3) is 11.5 Å². The average Bonchev–Trinajstić information content (AvgIpc) is 3.27. The number of likely N-dealkylation sites (tertiary alicyclic amines) is 1. The fourth-order valence-corrected chi connectivity index (χ4v) is 3.97. The Hall–Kier alpha value is -3.26. The van der Waals surface area contributed by atoms with Gasteiger partial charge in [-0.3, -0.25) is 14.2 Å². The minimum atomic E-state index is -0.607. The summed E-state index contributed by atoms with van der Waals surface area (Å²) in [5, 5.41) is 3.18. The molecule has 0 unspecified atom stereocenters. The predicted molar refractivity (Wildman–Crippen MR) is 117 cm³/mol. The lowest BCUT2D eigenvalue weighted by atomic mass is 10.1. The van der Waals surface area contributed by atoms with E-state index in [1.54, 1.807) is 12.1 Å². The lowest BCUT2D eigenvalue weighted by Gasteiger charge is -2.14. The second kappa shape index (κ2) is 9.26. The van der Waals surface area contributed by atoms with E-state index < -0.39 is 17.1 Å². The Morgan fingerprint density at radius 3 is 2.68 bits per heavy atom. The first kappa shape index (κ1) is 21.0. The van der Waals surface area contributed by atoms with Gasteiger partial charge in [-0.1, -0.05) is 12.1 Å². The number of aromatic amines is 1. The monoisotopic (exact) mass is 424 g/mol. The maximum atomic E-state index is 13.4. The Kier molecular flexibility index (Phi) is 6.27. The molecule has 0 atom stereocenters. The van der Waals surface area contributed by atoms with E-state index in [-0.39, 0.29) is 12.5 Å². The molecule has 1 aliphatic rings. The van der Waals surface area contributed by atoms with Crippen LogP contribution in [0.1, 0.15) is 35.2 Å². The minimum Gasteiger partial charge on any atom is -0.352 e. The van der Waals surface area contributed by atoms with Crippen molar-refractivity contribution in [3.8, 4) is 0 Å². The molecule has 2 aromatic carbocycles. The summed E-state index contributed by atoms with van der Waals surface area (Å²) in [7, 11) is 0. The van der Waals surface area contributed by atoms with Crippen LogP contribution in [0.3, 0.4) is 0 Å². The molecule has 1 amide bonds. The van der Waals surface area contributed by atoms with E-state index in [1.165, 1.54) is 43.2 Å². The van der Waals surface area contributed by atoms with Crippen molar-refractivity contribution in [3.63, 3.8) is 0 Å². The number of halogens is 1. The average molecular weight is 424 g/mol. The largest absolute Gasteiger partial charge is 0.352 e. The molecule has 31 heavy (non-hydrogen) atoms. The summed E-state index contributed by atoms with van der Waals surface area (Å²) in [6.07, 6.45) is 3.36. The van der Waals surface area contributed by atoms with Crippen LogP contribution in [0.5, 0.6) is 0 Å². The highest BCUT2D eigenvalue weighted by Gasteiger charge is 2.13. The van der Waals surface area contributed by atoms with E-state index in [4.69, 9.17) is 0 Å². The van der Waals surface area contributed by atoms with Gasteiger partial charge in [0.2, 0.25) is 0 Å². The van der Waals surface area contributed by atoms with E-state index in [1.807, 2.05) is 0 Å². The highest BCUT2D eigenvalue weighted by Crippen LogP contribution is 2.11. The van der Waals surface area contributed by atoms with Crippen LogP contribution in [0.4, 0.5) is 4.39 Å². The molecule has 7 nitrogen and oxygen atoms in total. The maximum absolute atomic E-state index is 13.4. The zero-order valence-electron chi connectivity index (χ0n) is 17.2. The van der Waals surface area contributed by atoms with Gasteiger partial charge >= 0.3 is 5.69 Å². The molecule has 162 valence electrons. The van der Waals surface area contributed by atoms with E-state index >= 15 is 0 Å². The lowest BCUT2D eigenvalue weighted by Crippen LogP contribution is -2.35. The van der Waals surface area contributed by atoms with Gasteiger partial charge in [-0.15, -0.1) is 0 Å². The van der Waals surface area contributed by atoms with Crippen molar-refractivity contribution < 1.29 is 9.18 Å². The van der Waals surface area contributed by atoms with E-state index in [0.717, 1.165) is 30.6 Å². The smallest absolute Gasteiger partial charge is 0.329 e. The van der Waals surface area contributed by atoms with Gasteiger partial charge in [-0.25, -0.2) is 9.18 Å². The molecule has 0 radical (unpaired) electrons. The number of aromatic nitrogens is 2. The Bertz CT molecular complexity index is 1210. The first-order chi connectivity index (χ1) is 15.0. The molecule has 0 aliphatic carbocycles. The Morgan fingerprint density at radius 2 is 1.90 bits per heavy atom. The van der Waals surface area contributed by atoms with Gasteiger partial charge < -0.3 is 15.2 Å². The number of hydrogen-bond donors (Lipinski definition) is 2. The number of carbonyl (C=O) groups is 1. The molecule has 2 N–H and O–H groups in total. The van der Waals surface area contributed by atoms with Crippen LogP contribution < -0.4 is 16.6 Å². The molecule has 8 heteroatoms. The van der Waals surface area contributed by atoms with Gasteiger partial charge in [-0.05, 0) is 74.8 Å². The van der Waals surface area contributed by atoms with Crippen LogP contribution in [0.2, 0.25) is 0 Å². The van der Waals surface area contributed by atoms with Gasteiger partial charge in [-0.2, -0.15) is 0 Å². The standard InChI is InChI=1S/C23H25FN4O3/c24-18-6-3-5-16(13-18)15-28-22(30)19-8-7-17(14-20(19)26-23(28)31)21(29)25-9-4-12-27-10-1-2-11-27/h3,5-8,13-14H,1-2,4,9-12,15H2,(H,25,29)(H,26,31). The molecule has 2 heterocycles. The molecule has 4 rings (SSSR count). The van der Waals surface area contributed by atoms with E-state index in [0.29, 0.717) is 28.6 Å². The number of hydrogen-bond acceptors (Lipinski definition) is 4. The Morgan fingerprint density at radius 1 is 1.10 bits per heavy atom. The van der Waals surface area contributed by atoms with Crippen LogP contribution in [-0.2, 0) is 6.54 Å². The van der Waals surface area contributed by atoms with Crippen molar-refractivity contribution in [3.05, 3.63) is 80.2 Å². The number of benzene rings is 2. The van der Waals surface area contributed by atoms with Crippen molar-refractivity contribution in [1.29, 1.82) is 0 Å². The Labute approximate surface area is 178 Å². The Balaban J connectivity index is 1.48. The molecule has 0 saturated carbocycles. The highest BCUT2D eigenvalue weighted by atomic mass is 19.1. The van der Waals surface area contributed by atoms with Crippen LogP contribution in [-0.4, -0.2) is 46.5 Å². The molecular formula is C23H25FN4O3. The predicted octanol–water partition coefficient (Wildman–Crippen LogP) is 2.09. The molecular weight excluding hydrogens is 399 g/mol. The molecule has 1 fully saturated rings. The number of fused-ring (bicyclic) bond motifs is 1. The second-order valence-electron chi connectivity index (χ2n) is 7.87. The molecule has 1 aliphatic heterocycles. The molecule has 1 saturated heterocycles. The number of rotatable bonds is 7. The third-order valence-corrected chi connectivity index (χ3v) is 5.61. The minimum absolute atomic E-state index is 0.0406. The normalized spacial score (nSPS) is 14.2. The summed E-state index contributed by atoms with van der Waals surface area (Å²) in [6.45, 7) is 3.75. The quantitative estimate of drug-likeness (QED) is 0.569. The topological polar surface area (TPSA) is 87.2 Å². The SMILES string of the molecule is O=C(NCCCN1CCCC1)c1ccc2c(=O)n(Cc3cccc(F)c3)c(=O)[nH]c2c1. The number of nitrogens with one attached hydrogen (secondary N) is 2. The summed E-state index contributed by atoms with van der Waals surface area (Å²) < 4.78 is 14.4. The first-order valence-electron chi connectivity index (χ1n) is 10.5. The van der Waals surface area contributed by atoms with Crippen molar-refractivity contribution in [2.45, 2.75) is 25.8 Å². The van der Waals surface area contributed by atoms with Crippen LogP contribution >= 0.6 is 0 Å². The fourth-order valence-electron chi connectivity index (χ4n) is 3.97. The molecule has 3 aromatic rings. The van der Waals surface area contributed by atoms with E-state index in [2.05, 4.69) is 15.2 Å². The van der Waals surface area contributed by atoms with Crippen LogP contribution in [0.15, 0.2) is 52.1 Å². The van der Waals surface area contributed by atoms with Crippen molar-refractivity contribution in [2.75, 3.05) is 26.2 Å². The third kappa shape index (κ3) is 4.91. The lowest BCUT2D eigenvalue weighted by molar-refractivity contribution is 0.0952. The van der Waals surface area contributed by atoms with Crippen molar-refractivity contribution >= 4 is 16.8 Å². The molecule has 0 bridgehead atoms. The summed E-state index contributed by atoms with van der Waals surface area (Å²) in [5.41, 5.74) is 0.101. The first-order valence-corrected chi connectivity index (χ1v) is 10.5. The summed E-state index contributed by atoms with van der Waals surface area (Å²) in [4.78, 5) is 42.8. The fraction of sp³-hybridized carbons (Fsp3) is 0.348. The van der Waals surface area contributed by atoms with Crippen LogP contribution in [0.25, 0.3) is 10.9 Å². The van der Waals surface area contributed by atoms with Gasteiger partial charge in [0, 0.05) is 12.1 Å².